The monoisotopic (exact) mass is 265 g/mol. The van der Waals surface area contributed by atoms with Gasteiger partial charge in [-0.25, -0.2) is 9.97 Å². The molecule has 0 radical (unpaired) electrons. The Labute approximate surface area is 115 Å². The van der Waals surface area contributed by atoms with Crippen LogP contribution in [0.2, 0.25) is 0 Å². The van der Waals surface area contributed by atoms with Crippen LogP contribution in [0.5, 0.6) is 0 Å². The molecule has 0 amide bonds. The van der Waals surface area contributed by atoms with E-state index in [9.17, 15) is 5.26 Å². The largest absolute Gasteiger partial charge is 0.241 e. The number of aryl methyl sites for hydroxylation is 2. The first kappa shape index (κ1) is 11.8. The molecule has 1 aromatic carbocycles. The van der Waals surface area contributed by atoms with Crippen molar-refractivity contribution in [3.05, 3.63) is 47.5 Å². The zero-order valence-corrected chi connectivity index (χ0v) is 11.5. The van der Waals surface area contributed by atoms with E-state index < -0.39 is 0 Å². The Morgan fingerprint density at radius 3 is 2.84 bits per heavy atom. The van der Waals surface area contributed by atoms with E-state index in [0.717, 1.165) is 10.4 Å². The summed E-state index contributed by atoms with van der Waals surface area (Å²) in [5, 5.41) is 10.4. The minimum Gasteiger partial charge on any atom is -0.241 e. The van der Waals surface area contributed by atoms with Crippen LogP contribution in [0.4, 0.5) is 0 Å². The molecule has 0 bridgehead atoms. The van der Waals surface area contributed by atoms with Crippen molar-refractivity contribution >= 4 is 21.4 Å². The smallest absolute Gasteiger partial charge is 0.152 e. The van der Waals surface area contributed by atoms with Gasteiger partial charge in [-0.3, -0.25) is 0 Å². The summed E-state index contributed by atoms with van der Waals surface area (Å²) in [5.41, 5.74) is 2.51. The van der Waals surface area contributed by atoms with Crippen LogP contribution in [0, 0.1) is 25.2 Å². The van der Waals surface area contributed by atoms with Gasteiger partial charge in [0.2, 0.25) is 0 Å². The molecule has 3 rings (SSSR count). The fraction of sp³-hybridized carbons (Fsp3) is 0.133. The molecule has 0 aliphatic carbocycles. The minimum absolute atomic E-state index is 0.441. The Morgan fingerprint density at radius 1 is 1.26 bits per heavy atom. The highest BCUT2D eigenvalue weighted by molar-refractivity contribution is 7.22. The van der Waals surface area contributed by atoms with E-state index in [1.807, 2.05) is 6.07 Å². The Hall–Kier alpha value is -2.25. The maximum absolute atomic E-state index is 9.20. The highest BCUT2D eigenvalue weighted by atomic mass is 32.1. The first-order valence-electron chi connectivity index (χ1n) is 5.92. The van der Waals surface area contributed by atoms with Gasteiger partial charge in [-0.05, 0) is 30.9 Å². The average Bonchev–Trinajstić information content (AvgIpc) is 2.83. The molecule has 19 heavy (non-hydrogen) atoms. The molecule has 4 heteroatoms. The molecule has 2 heterocycles. The maximum Gasteiger partial charge on any atom is 0.152 e. The Balaban J connectivity index is 2.25. The Kier molecular flexibility index (Phi) is 2.77. The number of aromatic nitrogens is 2. The molecule has 0 saturated heterocycles. The van der Waals surface area contributed by atoms with E-state index in [4.69, 9.17) is 0 Å². The second kappa shape index (κ2) is 4.45. The van der Waals surface area contributed by atoms with Crippen LogP contribution in [-0.2, 0) is 0 Å². The Morgan fingerprint density at radius 2 is 2.11 bits per heavy atom. The second-order valence-corrected chi connectivity index (χ2v) is 5.45. The first-order chi connectivity index (χ1) is 9.19. The molecule has 0 N–H and O–H groups in total. The van der Waals surface area contributed by atoms with Crippen LogP contribution in [0.15, 0.2) is 30.5 Å². The lowest BCUT2D eigenvalue weighted by atomic mass is 10.1. The zero-order valence-electron chi connectivity index (χ0n) is 10.6. The third-order valence-corrected chi connectivity index (χ3v) is 4.34. The van der Waals surface area contributed by atoms with Crippen LogP contribution >= 0.6 is 11.3 Å². The van der Waals surface area contributed by atoms with Crippen LogP contribution in [0.25, 0.3) is 20.5 Å². The molecule has 3 aromatic rings. The normalized spacial score (nSPS) is 10.6. The maximum atomic E-state index is 9.20. The Bertz CT molecular complexity index is 812. The van der Waals surface area contributed by atoms with Gasteiger partial charge in [-0.1, -0.05) is 18.2 Å². The fourth-order valence-corrected chi connectivity index (χ4v) is 3.22. The van der Waals surface area contributed by atoms with Gasteiger partial charge in [-0.15, -0.1) is 11.3 Å². The molecule has 2 aromatic heterocycles. The molecule has 0 saturated carbocycles. The number of fused-ring (bicyclic) bond motifs is 1. The van der Waals surface area contributed by atoms with Crippen molar-refractivity contribution in [1.82, 2.24) is 9.97 Å². The average molecular weight is 265 g/mol. The van der Waals surface area contributed by atoms with Crippen molar-refractivity contribution in [3.8, 4) is 16.5 Å². The van der Waals surface area contributed by atoms with E-state index >= 15 is 0 Å². The molecular weight excluding hydrogens is 254 g/mol. The van der Waals surface area contributed by atoms with Gasteiger partial charge >= 0.3 is 0 Å². The molecule has 0 aliphatic rings. The second-order valence-electron chi connectivity index (χ2n) is 4.40. The van der Waals surface area contributed by atoms with Crippen LogP contribution in [-0.4, -0.2) is 9.97 Å². The third-order valence-electron chi connectivity index (χ3n) is 3.02. The van der Waals surface area contributed by atoms with E-state index in [-0.39, 0.29) is 0 Å². The minimum atomic E-state index is 0.441. The van der Waals surface area contributed by atoms with Gasteiger partial charge < -0.3 is 0 Å². The number of benzene rings is 1. The quantitative estimate of drug-likeness (QED) is 0.671. The summed E-state index contributed by atoms with van der Waals surface area (Å²) >= 11 is 1.68. The van der Waals surface area contributed by atoms with Crippen molar-refractivity contribution < 1.29 is 0 Å². The summed E-state index contributed by atoms with van der Waals surface area (Å²) < 4.78 is 1.25. The van der Waals surface area contributed by atoms with Gasteiger partial charge in [0, 0.05) is 21.3 Å². The molecule has 3 nitrogen and oxygen atoms in total. The highest BCUT2D eigenvalue weighted by Crippen LogP contribution is 2.35. The lowest BCUT2D eigenvalue weighted by Crippen LogP contribution is -1.93. The van der Waals surface area contributed by atoms with Crippen molar-refractivity contribution in [1.29, 1.82) is 5.26 Å². The molecule has 0 atom stereocenters. The number of rotatable bonds is 1. The summed E-state index contributed by atoms with van der Waals surface area (Å²) in [6.45, 7) is 3.89. The number of nitriles is 1. The van der Waals surface area contributed by atoms with E-state index in [1.165, 1.54) is 15.6 Å². The van der Waals surface area contributed by atoms with Gasteiger partial charge in [-0.2, -0.15) is 5.26 Å². The highest BCUT2D eigenvalue weighted by Gasteiger charge is 2.11. The molecule has 0 unspecified atom stereocenters. The first-order valence-corrected chi connectivity index (χ1v) is 6.74. The summed E-state index contributed by atoms with van der Waals surface area (Å²) in [4.78, 5) is 9.44. The number of nitrogens with zero attached hydrogens (tertiary/aromatic N) is 3. The molecule has 0 spiro atoms. The lowest BCUT2D eigenvalue weighted by Gasteiger charge is -1.99. The fourth-order valence-electron chi connectivity index (χ4n) is 2.08. The molecule has 0 fully saturated rings. The number of thiophene rings is 1. The topological polar surface area (TPSA) is 49.6 Å². The molecular formula is C15H11N3S. The van der Waals surface area contributed by atoms with E-state index in [2.05, 4.69) is 41.2 Å². The van der Waals surface area contributed by atoms with Gasteiger partial charge in [0.25, 0.3) is 0 Å². The molecule has 0 aliphatic heterocycles. The summed E-state index contributed by atoms with van der Waals surface area (Å²) in [5.74, 6) is 0.623. The van der Waals surface area contributed by atoms with E-state index in [0.29, 0.717) is 11.5 Å². The van der Waals surface area contributed by atoms with Gasteiger partial charge in [0.1, 0.15) is 11.9 Å². The third kappa shape index (κ3) is 1.98. The zero-order chi connectivity index (χ0) is 13.4. The summed E-state index contributed by atoms with van der Waals surface area (Å²) in [7, 11) is 0. The predicted molar refractivity (Wildman–Crippen MR) is 77.0 cm³/mol. The number of hydrogen-bond acceptors (Lipinski definition) is 4. The van der Waals surface area contributed by atoms with Crippen LogP contribution < -0.4 is 0 Å². The van der Waals surface area contributed by atoms with Crippen molar-refractivity contribution in [2.45, 2.75) is 13.8 Å². The predicted octanol–water partition coefficient (Wildman–Crippen LogP) is 3.85. The van der Waals surface area contributed by atoms with Crippen molar-refractivity contribution in [3.63, 3.8) is 0 Å². The van der Waals surface area contributed by atoms with Gasteiger partial charge in [0.05, 0.1) is 0 Å². The van der Waals surface area contributed by atoms with Crippen molar-refractivity contribution in [2.24, 2.45) is 0 Å². The van der Waals surface area contributed by atoms with Crippen LogP contribution in [0.3, 0.4) is 0 Å². The SMILES string of the molecule is Cc1ncc(-c2cc3cccc(C)c3s2)c(C#N)n1. The number of hydrogen-bond donors (Lipinski definition) is 0. The van der Waals surface area contributed by atoms with Gasteiger partial charge in [0.15, 0.2) is 5.69 Å². The van der Waals surface area contributed by atoms with Crippen molar-refractivity contribution in [2.75, 3.05) is 0 Å². The summed E-state index contributed by atoms with van der Waals surface area (Å²) in [6.07, 6.45) is 1.74. The summed E-state index contributed by atoms with van der Waals surface area (Å²) in [6, 6.07) is 10.5. The molecule has 92 valence electrons. The van der Waals surface area contributed by atoms with E-state index in [1.54, 1.807) is 24.5 Å². The lowest BCUT2D eigenvalue weighted by molar-refractivity contribution is 1.04. The standard InChI is InChI=1S/C15H11N3S/c1-9-4-3-5-11-6-14(19-15(9)11)12-8-17-10(2)18-13(12)7-16/h3-6,8H,1-2H3. The van der Waals surface area contributed by atoms with Crippen LogP contribution in [0.1, 0.15) is 17.1 Å².